The fourth-order valence-corrected chi connectivity index (χ4v) is 1.85. The number of unbranched alkanes of at least 4 members (excludes halogenated alkanes) is 1. The van der Waals surface area contributed by atoms with E-state index in [4.69, 9.17) is 4.74 Å². The molecule has 0 aliphatic heterocycles. The van der Waals surface area contributed by atoms with Crippen LogP contribution in [0.25, 0.3) is 0 Å². The summed E-state index contributed by atoms with van der Waals surface area (Å²) in [5.41, 5.74) is 1.36. The third-order valence-corrected chi connectivity index (χ3v) is 2.84. The van der Waals surface area contributed by atoms with E-state index >= 15 is 0 Å². The zero-order valence-corrected chi connectivity index (χ0v) is 9.99. The Morgan fingerprint density at radius 1 is 1.40 bits per heavy atom. The molecule has 1 aromatic rings. The molecule has 0 aromatic carbocycles. The highest BCUT2D eigenvalue weighted by atomic mass is 16.5. The molecule has 0 radical (unpaired) electrons. The van der Waals surface area contributed by atoms with Crippen LogP contribution in [0.1, 0.15) is 51.0 Å². The highest BCUT2D eigenvalue weighted by Crippen LogP contribution is 2.26. The molecular weight excluding hydrogens is 186 g/mol. The minimum absolute atomic E-state index is 0.654. The quantitative estimate of drug-likeness (QED) is 0.708. The van der Waals surface area contributed by atoms with Crippen molar-refractivity contribution >= 4 is 0 Å². The van der Waals surface area contributed by atoms with Gasteiger partial charge in [0, 0.05) is 12.3 Å². The second-order valence-corrected chi connectivity index (χ2v) is 3.88. The zero-order valence-electron chi connectivity index (χ0n) is 9.99. The van der Waals surface area contributed by atoms with Crippen LogP contribution < -0.4 is 4.74 Å². The highest BCUT2D eigenvalue weighted by molar-refractivity contribution is 5.23. The molecule has 0 saturated carbocycles. The van der Waals surface area contributed by atoms with Crippen molar-refractivity contribution in [1.29, 1.82) is 0 Å². The molecule has 84 valence electrons. The lowest BCUT2D eigenvalue weighted by atomic mass is 9.92. The van der Waals surface area contributed by atoms with E-state index in [2.05, 4.69) is 31.0 Å². The first-order valence-corrected chi connectivity index (χ1v) is 5.81. The molecule has 0 spiro atoms. The van der Waals surface area contributed by atoms with Crippen molar-refractivity contribution in [2.24, 2.45) is 0 Å². The van der Waals surface area contributed by atoms with Crippen molar-refractivity contribution < 1.29 is 4.74 Å². The lowest BCUT2D eigenvalue weighted by Gasteiger charge is -2.15. The third kappa shape index (κ3) is 3.54. The predicted octanol–water partition coefficient (Wildman–Crippen LogP) is 3.77. The van der Waals surface area contributed by atoms with Gasteiger partial charge in [0.2, 0.25) is 5.88 Å². The first kappa shape index (κ1) is 12.0. The standard InChI is InChI=1S/C13H21NO/c1-4-6-7-11(5-2)12-8-9-14-13(10-12)15-3/h8-11H,4-7H2,1-3H3. The summed E-state index contributed by atoms with van der Waals surface area (Å²) in [4.78, 5) is 4.13. The molecule has 0 bridgehead atoms. The number of aromatic nitrogens is 1. The maximum atomic E-state index is 5.14. The van der Waals surface area contributed by atoms with Crippen molar-refractivity contribution in [2.45, 2.75) is 45.4 Å². The number of nitrogens with zero attached hydrogens (tertiary/aromatic N) is 1. The normalized spacial score (nSPS) is 12.5. The first-order valence-electron chi connectivity index (χ1n) is 5.81. The maximum absolute atomic E-state index is 5.14. The summed E-state index contributed by atoms with van der Waals surface area (Å²) in [7, 11) is 1.67. The smallest absolute Gasteiger partial charge is 0.213 e. The maximum Gasteiger partial charge on any atom is 0.213 e. The van der Waals surface area contributed by atoms with Crippen molar-refractivity contribution in [2.75, 3.05) is 7.11 Å². The van der Waals surface area contributed by atoms with Gasteiger partial charge >= 0.3 is 0 Å². The summed E-state index contributed by atoms with van der Waals surface area (Å²) >= 11 is 0. The molecule has 0 aliphatic rings. The van der Waals surface area contributed by atoms with Gasteiger partial charge in [-0.15, -0.1) is 0 Å². The fraction of sp³-hybridized carbons (Fsp3) is 0.615. The molecule has 1 atom stereocenters. The van der Waals surface area contributed by atoms with E-state index in [1.165, 1.54) is 31.2 Å². The van der Waals surface area contributed by atoms with E-state index < -0.39 is 0 Å². The summed E-state index contributed by atoms with van der Waals surface area (Å²) in [6, 6.07) is 4.16. The van der Waals surface area contributed by atoms with Gasteiger partial charge in [-0.05, 0) is 30.4 Å². The number of hydrogen-bond donors (Lipinski definition) is 0. The van der Waals surface area contributed by atoms with Crippen LogP contribution in [0, 0.1) is 0 Å². The molecule has 0 amide bonds. The summed E-state index contributed by atoms with van der Waals surface area (Å²) in [6.07, 6.45) is 6.85. The molecule has 1 aromatic heterocycles. The monoisotopic (exact) mass is 207 g/mol. The Morgan fingerprint density at radius 3 is 2.80 bits per heavy atom. The van der Waals surface area contributed by atoms with Gasteiger partial charge in [0.15, 0.2) is 0 Å². The first-order chi connectivity index (χ1) is 7.31. The lowest BCUT2D eigenvalue weighted by Crippen LogP contribution is -1.99. The molecule has 15 heavy (non-hydrogen) atoms. The summed E-state index contributed by atoms with van der Waals surface area (Å²) in [5.74, 6) is 1.38. The topological polar surface area (TPSA) is 22.1 Å². The van der Waals surface area contributed by atoms with Crippen LogP contribution in [-0.2, 0) is 0 Å². The van der Waals surface area contributed by atoms with E-state index in [0.29, 0.717) is 5.92 Å². The Labute approximate surface area is 92.7 Å². The van der Waals surface area contributed by atoms with Crippen molar-refractivity contribution in [3.05, 3.63) is 23.9 Å². The number of rotatable bonds is 6. The van der Waals surface area contributed by atoms with Gasteiger partial charge in [-0.2, -0.15) is 0 Å². The fourth-order valence-electron chi connectivity index (χ4n) is 1.85. The SMILES string of the molecule is CCCCC(CC)c1ccnc(OC)c1. The second kappa shape index (κ2) is 6.44. The number of pyridine rings is 1. The second-order valence-electron chi connectivity index (χ2n) is 3.88. The minimum atomic E-state index is 0.654. The van der Waals surface area contributed by atoms with Gasteiger partial charge in [-0.3, -0.25) is 0 Å². The van der Waals surface area contributed by atoms with Crippen LogP contribution in [-0.4, -0.2) is 12.1 Å². The largest absolute Gasteiger partial charge is 0.481 e. The van der Waals surface area contributed by atoms with Crippen LogP contribution in [0.5, 0.6) is 5.88 Å². The minimum Gasteiger partial charge on any atom is -0.481 e. The Hall–Kier alpha value is -1.05. The van der Waals surface area contributed by atoms with Crippen molar-refractivity contribution in [3.63, 3.8) is 0 Å². The van der Waals surface area contributed by atoms with Crippen LogP contribution in [0.3, 0.4) is 0 Å². The average Bonchev–Trinajstić information content (AvgIpc) is 2.30. The van der Waals surface area contributed by atoms with Crippen molar-refractivity contribution in [1.82, 2.24) is 4.98 Å². The number of ether oxygens (including phenoxy) is 1. The Bertz CT molecular complexity index is 286. The molecule has 1 unspecified atom stereocenters. The molecular formula is C13H21NO. The Kier molecular flexibility index (Phi) is 5.16. The summed E-state index contributed by atoms with van der Waals surface area (Å²) < 4.78 is 5.14. The molecule has 2 heteroatoms. The van der Waals surface area contributed by atoms with Crippen LogP contribution in [0.4, 0.5) is 0 Å². The van der Waals surface area contributed by atoms with Gasteiger partial charge in [-0.25, -0.2) is 4.98 Å². The summed E-state index contributed by atoms with van der Waals surface area (Å²) in [6.45, 7) is 4.48. The van der Waals surface area contributed by atoms with Gasteiger partial charge in [0.25, 0.3) is 0 Å². The molecule has 0 N–H and O–H groups in total. The molecule has 0 aliphatic carbocycles. The van der Waals surface area contributed by atoms with Gasteiger partial charge in [-0.1, -0.05) is 26.7 Å². The van der Waals surface area contributed by atoms with Crippen LogP contribution >= 0.6 is 0 Å². The molecule has 0 saturated heterocycles. The van der Waals surface area contributed by atoms with Gasteiger partial charge in [0.05, 0.1) is 7.11 Å². The molecule has 1 rings (SSSR count). The van der Waals surface area contributed by atoms with E-state index in [9.17, 15) is 0 Å². The molecule has 0 fully saturated rings. The highest BCUT2D eigenvalue weighted by Gasteiger charge is 2.09. The third-order valence-electron chi connectivity index (χ3n) is 2.84. The lowest BCUT2D eigenvalue weighted by molar-refractivity contribution is 0.396. The zero-order chi connectivity index (χ0) is 11.1. The number of methoxy groups -OCH3 is 1. The van der Waals surface area contributed by atoms with Gasteiger partial charge < -0.3 is 4.74 Å². The van der Waals surface area contributed by atoms with E-state index in [-0.39, 0.29) is 0 Å². The van der Waals surface area contributed by atoms with E-state index in [0.717, 1.165) is 5.88 Å². The number of hydrogen-bond acceptors (Lipinski definition) is 2. The molecule has 2 nitrogen and oxygen atoms in total. The van der Waals surface area contributed by atoms with Crippen molar-refractivity contribution in [3.8, 4) is 5.88 Å². The van der Waals surface area contributed by atoms with Crippen LogP contribution in [0.2, 0.25) is 0 Å². The average molecular weight is 207 g/mol. The van der Waals surface area contributed by atoms with Crippen LogP contribution in [0.15, 0.2) is 18.3 Å². The van der Waals surface area contributed by atoms with E-state index in [1.807, 2.05) is 6.20 Å². The molecule has 1 heterocycles. The van der Waals surface area contributed by atoms with Gasteiger partial charge in [0.1, 0.15) is 0 Å². The predicted molar refractivity (Wildman–Crippen MR) is 63.3 cm³/mol. The van der Waals surface area contributed by atoms with E-state index in [1.54, 1.807) is 7.11 Å². The summed E-state index contributed by atoms with van der Waals surface area (Å²) in [5, 5.41) is 0. The Morgan fingerprint density at radius 2 is 2.20 bits per heavy atom. The Balaban J connectivity index is 2.72.